The van der Waals surface area contributed by atoms with Crippen LogP contribution in [0.4, 0.5) is 0 Å². The van der Waals surface area contributed by atoms with E-state index in [2.05, 4.69) is 10.6 Å². The van der Waals surface area contributed by atoms with E-state index in [-0.39, 0.29) is 24.3 Å². The Morgan fingerprint density at radius 3 is 2.71 bits per heavy atom. The van der Waals surface area contributed by atoms with Gasteiger partial charge in [0.15, 0.2) is 6.10 Å². The number of hydrogen-bond acceptors (Lipinski definition) is 4. The lowest BCUT2D eigenvalue weighted by Gasteiger charge is -2.25. The summed E-state index contributed by atoms with van der Waals surface area (Å²) in [6, 6.07) is 0. The first kappa shape index (κ1) is 13.9. The van der Waals surface area contributed by atoms with E-state index in [9.17, 15) is 9.59 Å². The Morgan fingerprint density at radius 2 is 2.24 bits per heavy atom. The summed E-state index contributed by atoms with van der Waals surface area (Å²) < 4.78 is 0. The molecule has 1 aliphatic rings. The Kier molecular flexibility index (Phi) is 4.89. The Labute approximate surface area is 100 Å². The molecule has 1 aliphatic heterocycles. The fourth-order valence-electron chi connectivity index (χ4n) is 2.03. The Balaban J connectivity index is 2.36. The number of carbonyl (C=O) groups excluding carboxylic acids is 1. The van der Waals surface area contributed by atoms with Crippen molar-refractivity contribution in [1.82, 2.24) is 10.6 Å². The first-order chi connectivity index (χ1) is 8.02. The number of nitrogens with one attached hydrogen (secondary N) is 2. The highest BCUT2D eigenvalue weighted by Gasteiger charge is 2.39. The SMILES string of the molecule is CCC1(C(=O)NCCC(O)C(=O)O)CCNC1. The minimum absolute atomic E-state index is 0.0360. The molecular formula is C11H20N2O4. The van der Waals surface area contributed by atoms with Gasteiger partial charge in [0, 0.05) is 19.5 Å². The molecule has 1 rings (SSSR count). The van der Waals surface area contributed by atoms with Gasteiger partial charge in [-0.3, -0.25) is 4.79 Å². The van der Waals surface area contributed by atoms with E-state index in [1.165, 1.54) is 0 Å². The number of aliphatic carboxylic acids is 1. The van der Waals surface area contributed by atoms with E-state index >= 15 is 0 Å². The van der Waals surface area contributed by atoms with E-state index in [0.717, 1.165) is 19.4 Å². The number of rotatable bonds is 6. The minimum atomic E-state index is -1.41. The maximum absolute atomic E-state index is 12.0. The third-order valence-corrected chi connectivity index (χ3v) is 3.39. The van der Waals surface area contributed by atoms with Crippen LogP contribution < -0.4 is 10.6 Å². The zero-order valence-electron chi connectivity index (χ0n) is 10.0. The lowest BCUT2D eigenvalue weighted by Crippen LogP contribution is -2.43. The quantitative estimate of drug-likeness (QED) is 0.496. The second-order valence-corrected chi connectivity index (χ2v) is 4.46. The Morgan fingerprint density at radius 1 is 1.53 bits per heavy atom. The van der Waals surface area contributed by atoms with E-state index < -0.39 is 12.1 Å². The Hall–Kier alpha value is -1.14. The summed E-state index contributed by atoms with van der Waals surface area (Å²) >= 11 is 0. The average molecular weight is 244 g/mol. The van der Waals surface area contributed by atoms with Crippen LogP contribution in [0.2, 0.25) is 0 Å². The van der Waals surface area contributed by atoms with Crippen LogP contribution in [0.3, 0.4) is 0 Å². The molecule has 1 saturated heterocycles. The molecular weight excluding hydrogens is 224 g/mol. The van der Waals surface area contributed by atoms with Gasteiger partial charge in [-0.2, -0.15) is 0 Å². The summed E-state index contributed by atoms with van der Waals surface area (Å²) in [5.41, 5.74) is -0.367. The third-order valence-electron chi connectivity index (χ3n) is 3.39. The molecule has 1 amide bonds. The van der Waals surface area contributed by atoms with E-state index in [1.54, 1.807) is 0 Å². The van der Waals surface area contributed by atoms with Gasteiger partial charge in [-0.1, -0.05) is 6.92 Å². The van der Waals surface area contributed by atoms with Crippen LogP contribution in [0.15, 0.2) is 0 Å². The molecule has 1 fully saturated rings. The van der Waals surface area contributed by atoms with Crippen molar-refractivity contribution in [3.63, 3.8) is 0 Å². The van der Waals surface area contributed by atoms with Gasteiger partial charge in [0.05, 0.1) is 5.41 Å². The third kappa shape index (κ3) is 3.41. The van der Waals surface area contributed by atoms with Crippen LogP contribution in [0.1, 0.15) is 26.2 Å². The highest BCUT2D eigenvalue weighted by molar-refractivity contribution is 5.83. The smallest absolute Gasteiger partial charge is 0.332 e. The normalized spacial score (nSPS) is 25.5. The topological polar surface area (TPSA) is 98.7 Å². The molecule has 6 nitrogen and oxygen atoms in total. The van der Waals surface area contributed by atoms with Crippen LogP contribution in [-0.2, 0) is 9.59 Å². The van der Waals surface area contributed by atoms with E-state index in [4.69, 9.17) is 10.2 Å². The molecule has 0 aromatic carbocycles. The summed E-state index contributed by atoms with van der Waals surface area (Å²) in [5.74, 6) is -1.31. The van der Waals surface area contributed by atoms with Gasteiger partial charge in [-0.25, -0.2) is 4.79 Å². The molecule has 17 heavy (non-hydrogen) atoms. The zero-order valence-corrected chi connectivity index (χ0v) is 10.0. The molecule has 0 saturated carbocycles. The number of aliphatic hydroxyl groups is 1. The monoisotopic (exact) mass is 244 g/mol. The summed E-state index contributed by atoms with van der Waals surface area (Å²) in [6.45, 7) is 3.66. The fourth-order valence-corrected chi connectivity index (χ4v) is 2.03. The number of hydrogen-bond donors (Lipinski definition) is 4. The molecule has 0 aromatic rings. The highest BCUT2D eigenvalue weighted by atomic mass is 16.4. The number of carboxylic acids is 1. The van der Waals surface area contributed by atoms with Crippen molar-refractivity contribution in [2.45, 2.75) is 32.3 Å². The first-order valence-corrected chi connectivity index (χ1v) is 5.92. The molecule has 2 unspecified atom stereocenters. The number of carbonyl (C=O) groups is 2. The summed E-state index contributed by atoms with van der Waals surface area (Å²) in [4.78, 5) is 22.3. The van der Waals surface area contributed by atoms with Gasteiger partial charge in [-0.05, 0) is 19.4 Å². The number of aliphatic hydroxyl groups excluding tert-OH is 1. The van der Waals surface area contributed by atoms with Crippen molar-refractivity contribution in [3.05, 3.63) is 0 Å². The molecule has 0 aromatic heterocycles. The van der Waals surface area contributed by atoms with Gasteiger partial charge in [0.25, 0.3) is 0 Å². The van der Waals surface area contributed by atoms with Crippen LogP contribution in [0, 0.1) is 5.41 Å². The van der Waals surface area contributed by atoms with Gasteiger partial charge < -0.3 is 20.8 Å². The molecule has 0 bridgehead atoms. The van der Waals surface area contributed by atoms with Gasteiger partial charge in [-0.15, -0.1) is 0 Å². The van der Waals surface area contributed by atoms with Crippen molar-refractivity contribution in [1.29, 1.82) is 0 Å². The predicted octanol–water partition coefficient (Wildman–Crippen LogP) is -0.672. The first-order valence-electron chi connectivity index (χ1n) is 5.92. The predicted molar refractivity (Wildman–Crippen MR) is 61.5 cm³/mol. The zero-order chi connectivity index (χ0) is 12.9. The molecule has 6 heteroatoms. The van der Waals surface area contributed by atoms with Gasteiger partial charge >= 0.3 is 5.97 Å². The van der Waals surface area contributed by atoms with E-state index in [0.29, 0.717) is 6.54 Å². The minimum Gasteiger partial charge on any atom is -0.479 e. The van der Waals surface area contributed by atoms with Crippen LogP contribution in [0.25, 0.3) is 0 Å². The lowest BCUT2D eigenvalue weighted by atomic mass is 9.83. The second-order valence-electron chi connectivity index (χ2n) is 4.46. The lowest BCUT2D eigenvalue weighted by molar-refractivity contribution is -0.147. The van der Waals surface area contributed by atoms with Gasteiger partial charge in [0.1, 0.15) is 0 Å². The highest BCUT2D eigenvalue weighted by Crippen LogP contribution is 2.29. The Bertz CT molecular complexity index is 287. The van der Waals surface area contributed by atoms with Crippen LogP contribution >= 0.6 is 0 Å². The summed E-state index contributed by atoms with van der Waals surface area (Å²) in [5, 5.41) is 23.4. The molecule has 0 spiro atoms. The molecule has 98 valence electrons. The molecule has 4 N–H and O–H groups in total. The second kappa shape index (κ2) is 5.97. The molecule has 2 atom stereocenters. The fraction of sp³-hybridized carbons (Fsp3) is 0.818. The molecule has 0 radical (unpaired) electrons. The van der Waals surface area contributed by atoms with Crippen molar-refractivity contribution < 1.29 is 19.8 Å². The van der Waals surface area contributed by atoms with Crippen molar-refractivity contribution >= 4 is 11.9 Å². The molecule has 1 heterocycles. The molecule has 0 aliphatic carbocycles. The summed E-state index contributed by atoms with van der Waals surface area (Å²) in [7, 11) is 0. The summed E-state index contributed by atoms with van der Waals surface area (Å²) in [6.07, 6.45) is 0.188. The largest absolute Gasteiger partial charge is 0.479 e. The number of amides is 1. The van der Waals surface area contributed by atoms with Crippen LogP contribution in [0.5, 0.6) is 0 Å². The average Bonchev–Trinajstić information content (AvgIpc) is 2.78. The van der Waals surface area contributed by atoms with Gasteiger partial charge in [0.2, 0.25) is 5.91 Å². The maximum Gasteiger partial charge on any atom is 0.332 e. The standard InChI is InChI=1S/C11H20N2O4/c1-2-11(4-6-12-7-11)10(17)13-5-3-8(14)9(15)16/h8,12,14H,2-7H2,1H3,(H,13,17)(H,15,16). The number of carboxylic acid groups (broad SMARTS) is 1. The van der Waals surface area contributed by atoms with E-state index in [1.807, 2.05) is 6.92 Å². The van der Waals surface area contributed by atoms with Crippen molar-refractivity contribution in [2.24, 2.45) is 5.41 Å². The maximum atomic E-state index is 12.0. The van der Waals surface area contributed by atoms with Crippen molar-refractivity contribution in [3.8, 4) is 0 Å². The van der Waals surface area contributed by atoms with Crippen molar-refractivity contribution in [2.75, 3.05) is 19.6 Å². The van der Waals surface area contributed by atoms with Crippen LogP contribution in [-0.4, -0.2) is 47.8 Å².